The van der Waals surface area contributed by atoms with E-state index in [1.165, 1.54) is 18.3 Å². The first-order valence-corrected chi connectivity index (χ1v) is 10.5. The molecule has 1 unspecified atom stereocenters. The summed E-state index contributed by atoms with van der Waals surface area (Å²) in [5.41, 5.74) is 7.64. The number of alkyl halides is 6. The molecule has 0 bridgehead atoms. The van der Waals surface area contributed by atoms with Crippen LogP contribution >= 0.6 is 0 Å². The SMILES string of the molecule is C=C(C(=O)N1CCC(OCc2ccc(C(F)(F)F)cc2)C1)C(F)(F)F.NN/C=C(\N)c1cccnc1. The van der Waals surface area contributed by atoms with Crippen LogP contribution in [0.4, 0.5) is 26.3 Å². The first kappa shape index (κ1) is 28.7. The summed E-state index contributed by atoms with van der Waals surface area (Å²) in [7, 11) is 0. The minimum atomic E-state index is -4.78. The second-order valence-corrected chi connectivity index (χ2v) is 7.65. The van der Waals surface area contributed by atoms with Gasteiger partial charge in [0.2, 0.25) is 0 Å². The molecule has 2 aromatic rings. The smallest absolute Gasteiger partial charge is 0.397 e. The Morgan fingerprint density at radius 2 is 1.86 bits per heavy atom. The number of halogens is 6. The van der Waals surface area contributed by atoms with Crippen LogP contribution in [0.1, 0.15) is 23.1 Å². The van der Waals surface area contributed by atoms with E-state index in [9.17, 15) is 31.1 Å². The largest absolute Gasteiger partial charge is 0.421 e. The monoisotopic (exact) mass is 517 g/mol. The first-order chi connectivity index (χ1) is 16.8. The number of hydrazine groups is 1. The number of benzene rings is 1. The highest BCUT2D eigenvalue weighted by Gasteiger charge is 2.40. The van der Waals surface area contributed by atoms with Gasteiger partial charge in [0.05, 0.1) is 24.0 Å². The van der Waals surface area contributed by atoms with Crippen molar-refractivity contribution >= 4 is 11.6 Å². The summed E-state index contributed by atoms with van der Waals surface area (Å²) in [4.78, 5) is 16.6. The maximum atomic E-state index is 12.5. The van der Waals surface area contributed by atoms with Crippen LogP contribution in [0.2, 0.25) is 0 Å². The van der Waals surface area contributed by atoms with E-state index in [4.69, 9.17) is 16.3 Å². The predicted octanol–water partition coefficient (Wildman–Crippen LogP) is 3.74. The number of rotatable bonds is 6. The van der Waals surface area contributed by atoms with Gasteiger partial charge >= 0.3 is 12.4 Å². The lowest BCUT2D eigenvalue weighted by molar-refractivity contribution is -0.139. The number of carbonyl (C=O) groups is 1. The van der Waals surface area contributed by atoms with Gasteiger partial charge in [-0.15, -0.1) is 0 Å². The normalized spacial score (nSPS) is 16.2. The number of likely N-dealkylation sites (tertiary alicyclic amines) is 1. The lowest BCUT2D eigenvalue weighted by atomic mass is 10.1. The van der Waals surface area contributed by atoms with E-state index in [1.54, 1.807) is 12.4 Å². The van der Waals surface area contributed by atoms with Gasteiger partial charge in [-0.1, -0.05) is 18.7 Å². The second-order valence-electron chi connectivity index (χ2n) is 7.65. The fourth-order valence-corrected chi connectivity index (χ4v) is 3.07. The minimum Gasteiger partial charge on any atom is -0.397 e. The summed E-state index contributed by atoms with van der Waals surface area (Å²) < 4.78 is 80.3. The topological polar surface area (TPSA) is 106 Å². The molecule has 0 radical (unpaired) electrons. The molecule has 1 aliphatic heterocycles. The first-order valence-electron chi connectivity index (χ1n) is 10.5. The van der Waals surface area contributed by atoms with Crippen LogP contribution in [0.5, 0.6) is 0 Å². The Balaban J connectivity index is 0.000000346. The number of aromatic nitrogens is 1. The summed E-state index contributed by atoms with van der Waals surface area (Å²) in [6, 6.07) is 8.06. The molecule has 196 valence electrons. The van der Waals surface area contributed by atoms with Crippen molar-refractivity contribution in [2.75, 3.05) is 13.1 Å². The Labute approximate surface area is 203 Å². The number of nitrogens with two attached hydrogens (primary N) is 2. The van der Waals surface area contributed by atoms with Crippen LogP contribution < -0.4 is 17.0 Å². The van der Waals surface area contributed by atoms with E-state index in [1.807, 2.05) is 12.1 Å². The Hall–Kier alpha value is -3.58. The van der Waals surface area contributed by atoms with Gasteiger partial charge in [0.1, 0.15) is 5.57 Å². The van der Waals surface area contributed by atoms with E-state index in [2.05, 4.69) is 17.0 Å². The van der Waals surface area contributed by atoms with Crippen molar-refractivity contribution in [3.05, 3.63) is 83.8 Å². The van der Waals surface area contributed by atoms with Crippen molar-refractivity contribution in [3.8, 4) is 0 Å². The fraction of sp³-hybridized carbons (Fsp3) is 0.304. The third-order valence-electron chi connectivity index (χ3n) is 5.03. The van der Waals surface area contributed by atoms with E-state index in [0.717, 1.165) is 22.6 Å². The van der Waals surface area contributed by atoms with Crippen molar-refractivity contribution in [1.82, 2.24) is 15.3 Å². The highest BCUT2D eigenvalue weighted by atomic mass is 19.4. The zero-order valence-electron chi connectivity index (χ0n) is 18.9. The molecule has 1 saturated heterocycles. The Morgan fingerprint density at radius 1 is 1.19 bits per heavy atom. The number of nitrogens with one attached hydrogen (secondary N) is 1. The number of nitrogens with zero attached hydrogens (tertiary/aromatic N) is 2. The molecule has 1 amide bonds. The maximum absolute atomic E-state index is 12.5. The molecule has 13 heteroatoms. The minimum absolute atomic E-state index is 0.00501. The average Bonchev–Trinajstić information content (AvgIpc) is 3.31. The Kier molecular flexibility index (Phi) is 9.87. The number of hydrogen-bond donors (Lipinski definition) is 3. The van der Waals surface area contributed by atoms with E-state index < -0.39 is 35.5 Å². The third kappa shape index (κ3) is 8.57. The van der Waals surface area contributed by atoms with Crippen molar-refractivity contribution in [1.29, 1.82) is 0 Å². The molecule has 1 aromatic carbocycles. The number of pyridine rings is 1. The predicted molar refractivity (Wildman–Crippen MR) is 120 cm³/mol. The molecule has 0 aliphatic carbocycles. The third-order valence-corrected chi connectivity index (χ3v) is 5.03. The average molecular weight is 517 g/mol. The van der Waals surface area contributed by atoms with Crippen molar-refractivity contribution < 1.29 is 35.9 Å². The van der Waals surface area contributed by atoms with Gasteiger partial charge in [-0.05, 0) is 36.2 Å². The van der Waals surface area contributed by atoms with Crippen LogP contribution in [0.15, 0.2) is 67.1 Å². The standard InChI is InChI=1S/C16H15F6NO2.C7H10N4/c1-10(15(17,18)19)14(24)23-7-6-13(8-23)25-9-11-2-4-12(5-3-11)16(20,21)22;8-7(5-11-9)6-2-1-3-10-4-6/h2-5,13H,1,6-9H2;1-5,11H,8-9H2/b;7-5-. The molecule has 0 spiro atoms. The fourth-order valence-electron chi connectivity index (χ4n) is 3.07. The van der Waals surface area contributed by atoms with Gasteiger partial charge in [0.15, 0.2) is 0 Å². The van der Waals surface area contributed by atoms with Gasteiger partial charge in [0.25, 0.3) is 5.91 Å². The van der Waals surface area contributed by atoms with Crippen molar-refractivity contribution in [2.24, 2.45) is 11.6 Å². The number of carbonyl (C=O) groups excluding carboxylic acids is 1. The molecule has 3 rings (SSSR count). The highest BCUT2D eigenvalue weighted by molar-refractivity contribution is 5.94. The summed E-state index contributed by atoms with van der Waals surface area (Å²) in [5, 5.41) is 0. The summed E-state index contributed by atoms with van der Waals surface area (Å²) in [6.45, 7) is 2.86. The molecule has 7 nitrogen and oxygen atoms in total. The molecule has 36 heavy (non-hydrogen) atoms. The van der Waals surface area contributed by atoms with Gasteiger partial charge in [-0.3, -0.25) is 15.6 Å². The molecule has 1 atom stereocenters. The second kappa shape index (κ2) is 12.4. The number of amides is 1. The molecule has 1 aromatic heterocycles. The zero-order valence-corrected chi connectivity index (χ0v) is 18.9. The molecular formula is C23H25F6N5O2. The maximum Gasteiger partial charge on any atom is 0.421 e. The van der Waals surface area contributed by atoms with Gasteiger partial charge in [-0.25, -0.2) is 0 Å². The van der Waals surface area contributed by atoms with Crippen LogP contribution in [-0.2, 0) is 22.3 Å². The summed E-state index contributed by atoms with van der Waals surface area (Å²) in [5.74, 6) is 3.85. The quantitative estimate of drug-likeness (QED) is 0.233. The van der Waals surface area contributed by atoms with Crippen LogP contribution in [0.25, 0.3) is 5.70 Å². The van der Waals surface area contributed by atoms with Crippen LogP contribution in [0.3, 0.4) is 0 Å². The van der Waals surface area contributed by atoms with E-state index >= 15 is 0 Å². The molecule has 0 saturated carbocycles. The summed E-state index contributed by atoms with van der Waals surface area (Å²) in [6.07, 6.45) is -4.47. The van der Waals surface area contributed by atoms with E-state index in [0.29, 0.717) is 17.7 Å². The van der Waals surface area contributed by atoms with Gasteiger partial charge in [-0.2, -0.15) is 26.3 Å². The molecule has 5 N–H and O–H groups in total. The molecule has 1 fully saturated rings. The Morgan fingerprint density at radius 3 is 2.39 bits per heavy atom. The van der Waals surface area contributed by atoms with Crippen molar-refractivity contribution in [2.45, 2.75) is 31.5 Å². The number of hydrogen-bond acceptors (Lipinski definition) is 6. The van der Waals surface area contributed by atoms with Gasteiger partial charge < -0.3 is 20.8 Å². The summed E-state index contributed by atoms with van der Waals surface area (Å²) >= 11 is 0. The van der Waals surface area contributed by atoms with E-state index in [-0.39, 0.29) is 19.7 Å². The zero-order chi connectivity index (χ0) is 26.9. The van der Waals surface area contributed by atoms with Crippen LogP contribution in [0, 0.1) is 0 Å². The van der Waals surface area contributed by atoms with Crippen molar-refractivity contribution in [3.63, 3.8) is 0 Å². The number of ether oxygens (including phenoxy) is 1. The lowest BCUT2D eigenvalue weighted by Crippen LogP contribution is -2.35. The molecular weight excluding hydrogens is 492 g/mol. The van der Waals surface area contributed by atoms with Gasteiger partial charge in [0, 0.05) is 37.2 Å². The highest BCUT2D eigenvalue weighted by Crippen LogP contribution is 2.30. The molecule has 2 heterocycles. The van der Waals surface area contributed by atoms with Crippen LogP contribution in [-0.4, -0.2) is 41.2 Å². The molecule has 1 aliphatic rings. The lowest BCUT2D eigenvalue weighted by Gasteiger charge is -2.19. The Bertz CT molecular complexity index is 1040.